The number of hydrogen-bond acceptors (Lipinski definition) is 0. The Kier molecular flexibility index (Phi) is 5.08. The molecule has 8 aromatic rings. The van der Waals surface area contributed by atoms with Crippen molar-refractivity contribution in [2.45, 2.75) is 31.1 Å². The van der Waals surface area contributed by atoms with Crippen molar-refractivity contribution in [3.8, 4) is 27.9 Å². The van der Waals surface area contributed by atoms with Crippen LogP contribution in [0.1, 0.15) is 70.2 Å². The first kappa shape index (κ1) is 26.4. The van der Waals surface area contributed by atoms with E-state index in [4.69, 9.17) is 0 Å². The van der Waals surface area contributed by atoms with Gasteiger partial charge in [0.2, 0.25) is 0 Å². The van der Waals surface area contributed by atoms with Crippen molar-refractivity contribution >= 4 is 21.8 Å². The molecule has 4 aliphatic rings. The largest absolute Gasteiger partial charge is 0.309 e. The molecule has 0 atom stereocenters. The molecule has 12 rings (SSSR count). The first-order valence-electron chi connectivity index (χ1n) is 17.2. The fourth-order valence-corrected chi connectivity index (χ4v) is 9.76. The van der Waals surface area contributed by atoms with Crippen LogP contribution in [0.4, 0.5) is 0 Å². The maximum atomic E-state index is 2.60. The molecule has 2 bridgehead atoms. The molecule has 0 saturated carbocycles. The zero-order valence-electron chi connectivity index (χ0n) is 27.0. The highest BCUT2D eigenvalue weighted by molar-refractivity contribution is 6.12. The van der Waals surface area contributed by atoms with Crippen LogP contribution in [0.2, 0.25) is 0 Å². The fraction of sp³-hybridized carbons (Fsp3) is 0.106. The molecule has 1 heteroatoms. The van der Waals surface area contributed by atoms with Crippen molar-refractivity contribution in [1.29, 1.82) is 0 Å². The second-order valence-electron chi connectivity index (χ2n) is 14.4. The third-order valence-electron chi connectivity index (χ3n) is 11.8. The van der Waals surface area contributed by atoms with Gasteiger partial charge in [0.15, 0.2) is 0 Å². The van der Waals surface area contributed by atoms with E-state index in [0.717, 1.165) is 0 Å². The molecule has 0 unspecified atom stereocenters. The zero-order chi connectivity index (χ0) is 31.7. The van der Waals surface area contributed by atoms with Gasteiger partial charge in [-0.1, -0.05) is 141 Å². The van der Waals surface area contributed by atoms with Gasteiger partial charge in [-0.05, 0) is 91.0 Å². The van der Waals surface area contributed by atoms with E-state index < -0.39 is 0 Å². The Labute approximate surface area is 280 Å². The first-order chi connectivity index (χ1) is 23.6. The standard InChI is InChI=1S/C47H33N/c1-47(2)38-22-12-10-16-30(38)36-26-37-31-17-11-13-23-40(31)48(42(37)27-39(36)47)41-25-24-29(28-14-4-3-5-15-28)45-43-32-18-6-8-20-34(32)44(46(41)45)35-21-9-7-19-33(35)43/h3-27,43-44H,1-2H3. The highest BCUT2D eigenvalue weighted by Gasteiger charge is 2.44. The Hall–Kier alpha value is -5.66. The van der Waals surface area contributed by atoms with E-state index in [0.29, 0.717) is 0 Å². The number of para-hydroxylation sites is 1. The predicted molar refractivity (Wildman–Crippen MR) is 199 cm³/mol. The predicted octanol–water partition coefficient (Wildman–Crippen LogP) is 11.7. The van der Waals surface area contributed by atoms with Gasteiger partial charge in [0, 0.05) is 28.0 Å². The molecular formula is C47H33N. The Morgan fingerprint density at radius 3 is 1.77 bits per heavy atom. The zero-order valence-corrected chi connectivity index (χ0v) is 27.0. The van der Waals surface area contributed by atoms with E-state index in [9.17, 15) is 0 Å². The van der Waals surface area contributed by atoms with Crippen molar-refractivity contribution < 1.29 is 0 Å². The van der Waals surface area contributed by atoms with Gasteiger partial charge in [0.1, 0.15) is 0 Å². The smallest absolute Gasteiger partial charge is 0.0544 e. The van der Waals surface area contributed by atoms with Crippen molar-refractivity contribution in [3.05, 3.63) is 196 Å². The maximum Gasteiger partial charge on any atom is 0.0544 e. The van der Waals surface area contributed by atoms with E-state index in [1.54, 1.807) is 0 Å². The van der Waals surface area contributed by atoms with Gasteiger partial charge in [0.25, 0.3) is 0 Å². The van der Waals surface area contributed by atoms with Gasteiger partial charge in [-0.15, -0.1) is 0 Å². The van der Waals surface area contributed by atoms with Crippen LogP contribution in [-0.2, 0) is 5.41 Å². The van der Waals surface area contributed by atoms with E-state index in [1.807, 2.05) is 0 Å². The number of rotatable bonds is 2. The number of nitrogens with zero attached hydrogens (tertiary/aromatic N) is 1. The summed E-state index contributed by atoms with van der Waals surface area (Å²) in [5, 5.41) is 2.62. The number of hydrogen-bond donors (Lipinski definition) is 0. The number of benzene rings is 7. The van der Waals surface area contributed by atoms with E-state index >= 15 is 0 Å². The van der Waals surface area contributed by atoms with E-state index in [2.05, 4.69) is 170 Å². The average molecular weight is 612 g/mol. The lowest BCUT2D eigenvalue weighted by atomic mass is 9.59. The minimum absolute atomic E-state index is 0.0745. The van der Waals surface area contributed by atoms with Gasteiger partial charge in [-0.3, -0.25) is 0 Å². The second-order valence-corrected chi connectivity index (χ2v) is 14.4. The Morgan fingerprint density at radius 2 is 1.04 bits per heavy atom. The van der Waals surface area contributed by atoms with Crippen LogP contribution in [0.3, 0.4) is 0 Å². The molecule has 48 heavy (non-hydrogen) atoms. The minimum atomic E-state index is -0.0745. The molecule has 1 heterocycles. The minimum Gasteiger partial charge on any atom is -0.309 e. The summed E-state index contributed by atoms with van der Waals surface area (Å²) in [6, 6.07) is 57.3. The summed E-state index contributed by atoms with van der Waals surface area (Å²) in [5.74, 6) is 0.334. The van der Waals surface area contributed by atoms with Crippen LogP contribution in [0.25, 0.3) is 49.7 Å². The quantitative estimate of drug-likeness (QED) is 0.183. The summed E-state index contributed by atoms with van der Waals surface area (Å²) in [5.41, 5.74) is 20.6. The van der Waals surface area contributed by atoms with Gasteiger partial charge >= 0.3 is 0 Å². The molecule has 0 fully saturated rings. The molecule has 0 aliphatic heterocycles. The molecule has 0 N–H and O–H groups in total. The molecule has 7 aromatic carbocycles. The Balaban J connectivity index is 1.28. The lowest BCUT2D eigenvalue weighted by molar-refractivity contribution is 0.661. The molecule has 0 radical (unpaired) electrons. The molecule has 1 aromatic heterocycles. The molecule has 0 amide bonds. The highest BCUT2D eigenvalue weighted by Crippen LogP contribution is 2.60. The molecule has 1 nitrogen and oxygen atoms in total. The van der Waals surface area contributed by atoms with Crippen molar-refractivity contribution in [3.63, 3.8) is 0 Å². The normalized spacial score (nSPS) is 17.5. The monoisotopic (exact) mass is 611 g/mol. The topological polar surface area (TPSA) is 4.93 Å². The van der Waals surface area contributed by atoms with E-state index in [-0.39, 0.29) is 17.3 Å². The Morgan fingerprint density at radius 1 is 0.438 bits per heavy atom. The van der Waals surface area contributed by atoms with Gasteiger partial charge in [-0.25, -0.2) is 0 Å². The molecular weight excluding hydrogens is 579 g/mol. The molecule has 0 saturated heterocycles. The molecule has 0 spiro atoms. The van der Waals surface area contributed by atoms with Crippen molar-refractivity contribution in [2.75, 3.05) is 0 Å². The second kappa shape index (κ2) is 9.24. The van der Waals surface area contributed by atoms with E-state index in [1.165, 1.54) is 94.3 Å². The third kappa shape index (κ3) is 3.22. The molecule has 226 valence electrons. The lowest BCUT2D eigenvalue weighted by Gasteiger charge is -2.44. The van der Waals surface area contributed by atoms with Crippen LogP contribution in [0, 0.1) is 0 Å². The van der Waals surface area contributed by atoms with Crippen molar-refractivity contribution in [2.24, 2.45) is 0 Å². The van der Waals surface area contributed by atoms with Crippen molar-refractivity contribution in [1.82, 2.24) is 4.57 Å². The highest BCUT2D eigenvalue weighted by atomic mass is 15.0. The average Bonchev–Trinajstić information content (AvgIpc) is 3.58. The van der Waals surface area contributed by atoms with Crippen LogP contribution < -0.4 is 0 Å². The summed E-state index contributed by atoms with van der Waals surface area (Å²) in [4.78, 5) is 0. The summed E-state index contributed by atoms with van der Waals surface area (Å²) in [6.45, 7) is 4.78. The maximum absolute atomic E-state index is 2.60. The number of fused-ring (bicyclic) bond motifs is 6. The first-order valence-corrected chi connectivity index (χ1v) is 17.2. The van der Waals surface area contributed by atoms with Crippen LogP contribution >= 0.6 is 0 Å². The lowest BCUT2D eigenvalue weighted by Crippen LogP contribution is -2.29. The fourth-order valence-electron chi connectivity index (χ4n) is 9.76. The van der Waals surface area contributed by atoms with Gasteiger partial charge < -0.3 is 4.57 Å². The summed E-state index contributed by atoms with van der Waals surface area (Å²) < 4.78 is 2.60. The van der Waals surface area contributed by atoms with Gasteiger partial charge in [-0.2, -0.15) is 0 Å². The van der Waals surface area contributed by atoms with Gasteiger partial charge in [0.05, 0.1) is 16.7 Å². The summed E-state index contributed by atoms with van der Waals surface area (Å²) >= 11 is 0. The SMILES string of the molecule is CC1(C)c2ccccc2-c2cc3c4ccccc4n(-c4ccc(-c5ccccc5)c5c4C4c6ccccc6C5c5ccccc54)c3cc21. The third-order valence-corrected chi connectivity index (χ3v) is 11.8. The summed E-state index contributed by atoms with van der Waals surface area (Å²) in [6.07, 6.45) is 0. The van der Waals surface area contributed by atoms with Crippen LogP contribution in [0.15, 0.2) is 152 Å². The van der Waals surface area contributed by atoms with Crippen LogP contribution in [-0.4, -0.2) is 4.57 Å². The molecule has 4 aliphatic carbocycles. The number of aromatic nitrogens is 1. The Bertz CT molecular complexity index is 2600. The van der Waals surface area contributed by atoms with Crippen LogP contribution in [0.5, 0.6) is 0 Å². The summed E-state index contributed by atoms with van der Waals surface area (Å²) in [7, 11) is 0.